The number of ether oxygens (including phenoxy) is 1. The molecule has 0 bridgehead atoms. The molecule has 6 rings (SSSR count). The second-order valence-corrected chi connectivity index (χ2v) is 9.20. The fourth-order valence-electron chi connectivity index (χ4n) is 4.17. The summed E-state index contributed by atoms with van der Waals surface area (Å²) in [6.45, 7) is 4.98. The van der Waals surface area contributed by atoms with Gasteiger partial charge in [0.25, 0.3) is 0 Å². The van der Waals surface area contributed by atoms with Crippen molar-refractivity contribution in [2.24, 2.45) is 7.05 Å². The minimum atomic E-state index is -0.678. The summed E-state index contributed by atoms with van der Waals surface area (Å²) in [5, 5.41) is 4.29. The first-order chi connectivity index (χ1) is 16.9. The van der Waals surface area contributed by atoms with Crippen molar-refractivity contribution in [2.75, 3.05) is 13.2 Å². The maximum absolute atomic E-state index is 14.4. The molecule has 0 amide bonds. The lowest BCUT2D eigenvalue weighted by Gasteiger charge is -2.21. The topological polar surface area (TPSA) is 78.6 Å². The van der Waals surface area contributed by atoms with Gasteiger partial charge in [0, 0.05) is 49.9 Å². The van der Waals surface area contributed by atoms with E-state index in [1.807, 2.05) is 31.8 Å². The van der Waals surface area contributed by atoms with Gasteiger partial charge in [0.15, 0.2) is 5.65 Å². The van der Waals surface area contributed by atoms with Crippen molar-refractivity contribution >= 4 is 11.2 Å². The Labute approximate surface area is 202 Å². The van der Waals surface area contributed by atoms with Gasteiger partial charge in [-0.15, -0.1) is 0 Å². The molecule has 1 aliphatic carbocycles. The summed E-state index contributed by atoms with van der Waals surface area (Å²) in [6.07, 6.45) is 6.30. The molecule has 0 radical (unpaired) electrons. The molecule has 1 aliphatic heterocycles. The number of hydrogen-bond donors (Lipinski definition) is 0. The Bertz CT molecular complexity index is 1360. The molecule has 35 heavy (non-hydrogen) atoms. The molecule has 4 aromatic rings. The van der Waals surface area contributed by atoms with E-state index in [4.69, 9.17) is 4.74 Å². The number of aromatic nitrogens is 6. The molecule has 9 heteroatoms. The average Bonchev–Trinajstić information content (AvgIpc) is 3.61. The number of benzene rings is 1. The minimum absolute atomic E-state index is 0.124. The van der Waals surface area contributed by atoms with Crippen LogP contribution in [0.15, 0.2) is 30.5 Å². The monoisotopic (exact) mass is 478 g/mol. The van der Waals surface area contributed by atoms with Crippen molar-refractivity contribution in [1.29, 1.82) is 0 Å². The molecule has 2 fully saturated rings. The van der Waals surface area contributed by atoms with E-state index in [0.29, 0.717) is 35.9 Å². The van der Waals surface area contributed by atoms with Crippen LogP contribution in [-0.4, -0.2) is 42.9 Å². The van der Waals surface area contributed by atoms with Crippen LogP contribution in [-0.2, 0) is 11.8 Å². The number of rotatable bonds is 3. The summed E-state index contributed by atoms with van der Waals surface area (Å²) in [5.41, 5.74) is 4.17. The van der Waals surface area contributed by atoms with Crippen molar-refractivity contribution < 1.29 is 13.5 Å². The van der Waals surface area contributed by atoms with Crippen LogP contribution in [0.5, 0.6) is 0 Å². The van der Waals surface area contributed by atoms with Crippen LogP contribution in [0, 0.1) is 25.5 Å². The standard InChI is InChI=1S/C19H18F2N4O.C7H10N2/c1-10-11(2)23-19-17(22-10)16(14-4-3-13(20)9-15(14)21)24-18(25-19)12-5-7-26-8-6-12;1-9-5-4-7(8-9)6-2-3-6/h3-4,9,12H,5-8H2,1-2H3;4-6H,2-3H2,1H3. The molecule has 182 valence electrons. The SMILES string of the molecule is Cc1nc2nc(C3CCOCC3)nc(-c3ccc(F)cc3F)c2nc1C.Cn1ccc(C2CC2)n1. The van der Waals surface area contributed by atoms with Crippen LogP contribution < -0.4 is 0 Å². The Balaban J connectivity index is 0.000000234. The highest BCUT2D eigenvalue weighted by Gasteiger charge is 2.25. The van der Waals surface area contributed by atoms with Crippen molar-refractivity contribution in [3.05, 3.63) is 65.0 Å². The van der Waals surface area contributed by atoms with Gasteiger partial charge in [0.05, 0.1) is 17.1 Å². The zero-order chi connectivity index (χ0) is 24.5. The molecule has 1 saturated carbocycles. The Morgan fingerprint density at radius 2 is 1.63 bits per heavy atom. The molecule has 0 atom stereocenters. The molecule has 1 aromatic carbocycles. The van der Waals surface area contributed by atoms with Crippen molar-refractivity contribution in [1.82, 2.24) is 29.7 Å². The van der Waals surface area contributed by atoms with Crippen LogP contribution in [0.2, 0.25) is 0 Å². The van der Waals surface area contributed by atoms with E-state index in [9.17, 15) is 8.78 Å². The van der Waals surface area contributed by atoms with Crippen LogP contribution in [0.1, 0.15) is 60.4 Å². The van der Waals surface area contributed by atoms with Crippen LogP contribution in [0.25, 0.3) is 22.4 Å². The first-order valence-corrected chi connectivity index (χ1v) is 11.9. The number of nitrogens with zero attached hydrogens (tertiary/aromatic N) is 6. The van der Waals surface area contributed by atoms with Gasteiger partial charge in [0.2, 0.25) is 0 Å². The summed E-state index contributed by atoms with van der Waals surface area (Å²) in [4.78, 5) is 18.3. The third kappa shape index (κ3) is 5.19. The van der Waals surface area contributed by atoms with Gasteiger partial charge in [-0.2, -0.15) is 5.10 Å². The Hall–Kier alpha value is -3.33. The van der Waals surface area contributed by atoms with Crippen molar-refractivity contribution in [3.8, 4) is 11.3 Å². The van der Waals surface area contributed by atoms with Gasteiger partial charge in [-0.3, -0.25) is 4.68 Å². The molecular weight excluding hydrogens is 450 g/mol. The number of halogens is 2. The van der Waals surface area contributed by atoms with Crippen molar-refractivity contribution in [3.63, 3.8) is 0 Å². The number of hydrogen-bond acceptors (Lipinski definition) is 6. The number of aryl methyl sites for hydroxylation is 3. The second-order valence-electron chi connectivity index (χ2n) is 9.20. The number of fused-ring (bicyclic) bond motifs is 1. The largest absolute Gasteiger partial charge is 0.381 e. The highest BCUT2D eigenvalue weighted by molar-refractivity contribution is 5.87. The maximum Gasteiger partial charge on any atom is 0.182 e. The summed E-state index contributed by atoms with van der Waals surface area (Å²) in [7, 11) is 1.96. The van der Waals surface area contributed by atoms with Crippen LogP contribution in [0.4, 0.5) is 8.78 Å². The lowest BCUT2D eigenvalue weighted by molar-refractivity contribution is 0.0836. The Morgan fingerprint density at radius 1 is 0.886 bits per heavy atom. The summed E-state index contributed by atoms with van der Waals surface area (Å²) >= 11 is 0. The lowest BCUT2D eigenvalue weighted by atomic mass is 9.99. The molecule has 0 N–H and O–H groups in total. The predicted molar refractivity (Wildman–Crippen MR) is 128 cm³/mol. The third-order valence-electron chi connectivity index (χ3n) is 6.46. The van der Waals surface area contributed by atoms with E-state index in [1.54, 1.807) is 0 Å². The molecule has 7 nitrogen and oxygen atoms in total. The minimum Gasteiger partial charge on any atom is -0.381 e. The fraction of sp³-hybridized carbons (Fsp3) is 0.423. The van der Waals surface area contributed by atoms with Gasteiger partial charge >= 0.3 is 0 Å². The molecule has 3 aromatic heterocycles. The average molecular weight is 479 g/mol. The first-order valence-electron chi connectivity index (χ1n) is 11.9. The first kappa shape index (κ1) is 23.4. The normalized spacial score (nSPS) is 16.3. The van der Waals surface area contributed by atoms with Crippen molar-refractivity contribution in [2.45, 2.75) is 51.4 Å². The van der Waals surface area contributed by atoms with Crippen LogP contribution in [0.3, 0.4) is 0 Å². The zero-order valence-corrected chi connectivity index (χ0v) is 20.1. The van der Waals surface area contributed by atoms with Gasteiger partial charge in [-0.05, 0) is 57.7 Å². The molecule has 0 unspecified atom stereocenters. The van der Waals surface area contributed by atoms with E-state index in [2.05, 4.69) is 31.1 Å². The second kappa shape index (κ2) is 9.73. The highest BCUT2D eigenvalue weighted by Crippen LogP contribution is 2.38. The summed E-state index contributed by atoms with van der Waals surface area (Å²) in [6, 6.07) is 5.57. The van der Waals surface area contributed by atoms with E-state index >= 15 is 0 Å². The van der Waals surface area contributed by atoms with Gasteiger partial charge in [-0.25, -0.2) is 28.7 Å². The fourth-order valence-corrected chi connectivity index (χ4v) is 4.17. The van der Waals surface area contributed by atoms with Gasteiger partial charge < -0.3 is 4.74 Å². The van der Waals surface area contributed by atoms with E-state index in [0.717, 1.165) is 36.2 Å². The highest BCUT2D eigenvalue weighted by atomic mass is 19.1. The molecule has 2 aliphatic rings. The Kier molecular flexibility index (Phi) is 6.51. The third-order valence-corrected chi connectivity index (χ3v) is 6.46. The van der Waals surface area contributed by atoms with E-state index in [-0.39, 0.29) is 11.5 Å². The van der Waals surface area contributed by atoms with Gasteiger partial charge in [-0.1, -0.05) is 0 Å². The van der Waals surface area contributed by atoms with E-state index in [1.165, 1.54) is 30.7 Å². The molecular formula is C26H28F2N6O. The van der Waals surface area contributed by atoms with Crippen LogP contribution >= 0.6 is 0 Å². The molecule has 1 saturated heterocycles. The molecule has 0 spiro atoms. The summed E-state index contributed by atoms with van der Waals surface area (Å²) in [5.74, 6) is 0.220. The van der Waals surface area contributed by atoms with Gasteiger partial charge in [0.1, 0.15) is 28.7 Å². The zero-order valence-electron chi connectivity index (χ0n) is 20.1. The Morgan fingerprint density at radius 3 is 2.29 bits per heavy atom. The molecule has 4 heterocycles. The summed E-state index contributed by atoms with van der Waals surface area (Å²) < 4.78 is 35.1. The van der Waals surface area contributed by atoms with E-state index < -0.39 is 11.6 Å². The quantitative estimate of drug-likeness (QED) is 0.404. The maximum atomic E-state index is 14.4. The lowest BCUT2D eigenvalue weighted by Crippen LogP contribution is -2.17. The predicted octanol–water partition coefficient (Wildman–Crippen LogP) is 5.17. The smallest absolute Gasteiger partial charge is 0.182 e.